The third-order valence-corrected chi connectivity index (χ3v) is 4.25. The molecule has 0 aliphatic carbocycles. The summed E-state index contributed by atoms with van der Waals surface area (Å²) in [6.45, 7) is 7.21. The molecule has 1 aliphatic rings. The lowest BCUT2D eigenvalue weighted by Gasteiger charge is -2.30. The second-order valence-corrected chi connectivity index (χ2v) is 6.07. The van der Waals surface area contributed by atoms with Crippen molar-refractivity contribution in [2.75, 3.05) is 12.3 Å². The van der Waals surface area contributed by atoms with Gasteiger partial charge in [0.2, 0.25) is 0 Å². The van der Waals surface area contributed by atoms with Crippen LogP contribution in [0.1, 0.15) is 69.4 Å². The lowest BCUT2D eigenvalue weighted by Crippen LogP contribution is -2.40. The number of anilines is 1. The standard InChI is InChI=1S/C16H27N3O/c1-4-14-8-6-5-7-9-18(14)16(20)15-10-13(17)11-19(15)12(2)3/h10-12,14H,4-9,17H2,1-3H3. The maximum absolute atomic E-state index is 12.9. The fraction of sp³-hybridized carbons (Fsp3) is 0.688. The maximum Gasteiger partial charge on any atom is 0.270 e. The highest BCUT2D eigenvalue weighted by molar-refractivity contribution is 5.94. The van der Waals surface area contributed by atoms with E-state index in [-0.39, 0.29) is 11.9 Å². The van der Waals surface area contributed by atoms with E-state index in [1.165, 1.54) is 12.8 Å². The van der Waals surface area contributed by atoms with Crippen molar-refractivity contribution in [3.63, 3.8) is 0 Å². The first-order valence-corrected chi connectivity index (χ1v) is 7.83. The highest BCUT2D eigenvalue weighted by Gasteiger charge is 2.27. The van der Waals surface area contributed by atoms with E-state index >= 15 is 0 Å². The Hall–Kier alpha value is -1.45. The van der Waals surface area contributed by atoms with Crippen LogP contribution in [0.25, 0.3) is 0 Å². The van der Waals surface area contributed by atoms with E-state index in [4.69, 9.17) is 5.73 Å². The summed E-state index contributed by atoms with van der Waals surface area (Å²) in [6, 6.07) is 2.44. The number of hydrogen-bond acceptors (Lipinski definition) is 2. The Kier molecular flexibility index (Phi) is 4.73. The van der Waals surface area contributed by atoms with E-state index in [1.54, 1.807) is 0 Å². The molecule has 0 saturated carbocycles. The Morgan fingerprint density at radius 1 is 1.40 bits per heavy atom. The molecular formula is C16H27N3O. The Bertz CT molecular complexity index is 464. The molecule has 1 saturated heterocycles. The van der Waals surface area contributed by atoms with Gasteiger partial charge in [-0.1, -0.05) is 19.8 Å². The Labute approximate surface area is 121 Å². The van der Waals surface area contributed by atoms with Gasteiger partial charge in [0.15, 0.2) is 0 Å². The Morgan fingerprint density at radius 3 is 2.80 bits per heavy atom. The second-order valence-electron chi connectivity index (χ2n) is 6.07. The molecule has 1 fully saturated rings. The van der Waals surface area contributed by atoms with Crippen molar-refractivity contribution in [1.82, 2.24) is 9.47 Å². The van der Waals surface area contributed by atoms with Crippen LogP contribution in [0.15, 0.2) is 12.3 Å². The van der Waals surface area contributed by atoms with E-state index in [0.29, 0.717) is 11.7 Å². The Morgan fingerprint density at radius 2 is 2.15 bits per heavy atom. The van der Waals surface area contributed by atoms with Crippen molar-refractivity contribution in [2.45, 2.75) is 65.0 Å². The number of aromatic nitrogens is 1. The van der Waals surface area contributed by atoms with Crippen LogP contribution in [0.2, 0.25) is 0 Å². The monoisotopic (exact) mass is 277 g/mol. The number of amides is 1. The van der Waals surface area contributed by atoms with Crippen molar-refractivity contribution >= 4 is 11.6 Å². The van der Waals surface area contributed by atoms with Crippen LogP contribution in [0.3, 0.4) is 0 Å². The number of nitrogen functional groups attached to an aromatic ring is 1. The van der Waals surface area contributed by atoms with Gasteiger partial charge < -0.3 is 15.2 Å². The minimum atomic E-state index is 0.143. The molecule has 20 heavy (non-hydrogen) atoms. The average Bonchev–Trinajstić information content (AvgIpc) is 2.67. The number of nitrogens with two attached hydrogens (primary N) is 1. The molecule has 1 atom stereocenters. The lowest BCUT2D eigenvalue weighted by atomic mass is 10.1. The molecule has 4 heteroatoms. The number of likely N-dealkylation sites (tertiary alicyclic amines) is 1. The van der Waals surface area contributed by atoms with Gasteiger partial charge in [0.05, 0.1) is 5.69 Å². The maximum atomic E-state index is 12.9. The number of carbonyl (C=O) groups excluding carboxylic acids is 1. The third kappa shape index (κ3) is 3.00. The summed E-state index contributed by atoms with van der Waals surface area (Å²) in [5.74, 6) is 0.143. The number of nitrogens with zero attached hydrogens (tertiary/aromatic N) is 2. The van der Waals surface area contributed by atoms with Crippen LogP contribution in [-0.4, -0.2) is 28.0 Å². The van der Waals surface area contributed by atoms with Gasteiger partial charge in [-0.15, -0.1) is 0 Å². The summed E-state index contributed by atoms with van der Waals surface area (Å²) >= 11 is 0. The molecule has 1 aliphatic heterocycles. The molecule has 0 aromatic carbocycles. The summed E-state index contributed by atoms with van der Waals surface area (Å²) < 4.78 is 2.00. The van der Waals surface area contributed by atoms with Gasteiger partial charge in [0.1, 0.15) is 5.69 Å². The third-order valence-electron chi connectivity index (χ3n) is 4.25. The zero-order valence-corrected chi connectivity index (χ0v) is 12.9. The normalized spacial score (nSPS) is 20.2. The zero-order valence-electron chi connectivity index (χ0n) is 12.9. The van der Waals surface area contributed by atoms with Crippen molar-refractivity contribution < 1.29 is 4.79 Å². The van der Waals surface area contributed by atoms with Gasteiger partial charge in [-0.25, -0.2) is 0 Å². The Balaban J connectivity index is 2.29. The lowest BCUT2D eigenvalue weighted by molar-refractivity contribution is 0.0665. The van der Waals surface area contributed by atoms with Crippen LogP contribution >= 0.6 is 0 Å². The van der Waals surface area contributed by atoms with Gasteiger partial charge in [-0.2, -0.15) is 0 Å². The van der Waals surface area contributed by atoms with Crippen molar-refractivity contribution in [3.05, 3.63) is 18.0 Å². The highest BCUT2D eigenvalue weighted by atomic mass is 16.2. The van der Waals surface area contributed by atoms with Gasteiger partial charge in [0.25, 0.3) is 5.91 Å². The van der Waals surface area contributed by atoms with E-state index < -0.39 is 0 Å². The molecule has 112 valence electrons. The molecular weight excluding hydrogens is 250 g/mol. The molecule has 1 unspecified atom stereocenters. The van der Waals surface area contributed by atoms with E-state index in [0.717, 1.165) is 31.5 Å². The summed E-state index contributed by atoms with van der Waals surface area (Å²) in [6.07, 6.45) is 7.60. The molecule has 2 rings (SSSR count). The van der Waals surface area contributed by atoms with E-state index in [9.17, 15) is 4.79 Å². The summed E-state index contributed by atoms with van der Waals surface area (Å²) in [7, 11) is 0. The van der Waals surface area contributed by atoms with Gasteiger partial charge in [-0.05, 0) is 39.2 Å². The van der Waals surface area contributed by atoms with E-state index in [2.05, 4.69) is 25.7 Å². The summed E-state index contributed by atoms with van der Waals surface area (Å²) in [4.78, 5) is 15.0. The number of rotatable bonds is 3. The molecule has 0 spiro atoms. The van der Waals surface area contributed by atoms with Crippen LogP contribution < -0.4 is 5.73 Å². The molecule has 2 N–H and O–H groups in total. The number of carbonyl (C=O) groups is 1. The minimum Gasteiger partial charge on any atom is -0.397 e. The molecule has 4 nitrogen and oxygen atoms in total. The van der Waals surface area contributed by atoms with Crippen molar-refractivity contribution in [2.24, 2.45) is 0 Å². The minimum absolute atomic E-state index is 0.143. The van der Waals surface area contributed by atoms with Crippen molar-refractivity contribution in [3.8, 4) is 0 Å². The molecule has 2 heterocycles. The van der Waals surface area contributed by atoms with Crippen LogP contribution in [-0.2, 0) is 0 Å². The summed E-state index contributed by atoms with van der Waals surface area (Å²) in [5.41, 5.74) is 7.30. The fourth-order valence-corrected chi connectivity index (χ4v) is 3.12. The topological polar surface area (TPSA) is 51.3 Å². The largest absolute Gasteiger partial charge is 0.397 e. The molecule has 1 aromatic rings. The van der Waals surface area contributed by atoms with Crippen LogP contribution in [0.5, 0.6) is 0 Å². The average molecular weight is 277 g/mol. The fourth-order valence-electron chi connectivity index (χ4n) is 3.12. The first-order valence-electron chi connectivity index (χ1n) is 7.83. The summed E-state index contributed by atoms with van der Waals surface area (Å²) in [5, 5.41) is 0. The predicted molar refractivity (Wildman–Crippen MR) is 82.8 cm³/mol. The van der Waals surface area contributed by atoms with Gasteiger partial charge in [0, 0.05) is 24.8 Å². The zero-order chi connectivity index (χ0) is 14.7. The van der Waals surface area contributed by atoms with E-state index in [1.807, 2.05) is 16.8 Å². The SMILES string of the molecule is CCC1CCCCCN1C(=O)c1cc(N)cn1C(C)C. The second kappa shape index (κ2) is 6.33. The van der Waals surface area contributed by atoms with Crippen LogP contribution in [0.4, 0.5) is 5.69 Å². The van der Waals surface area contributed by atoms with Crippen molar-refractivity contribution in [1.29, 1.82) is 0 Å². The van der Waals surface area contributed by atoms with Crippen LogP contribution in [0, 0.1) is 0 Å². The quantitative estimate of drug-likeness (QED) is 0.920. The molecule has 1 amide bonds. The first-order chi connectivity index (χ1) is 9.54. The highest BCUT2D eigenvalue weighted by Crippen LogP contribution is 2.24. The first kappa shape index (κ1) is 14.9. The number of hydrogen-bond donors (Lipinski definition) is 1. The molecule has 1 aromatic heterocycles. The smallest absolute Gasteiger partial charge is 0.270 e. The van der Waals surface area contributed by atoms with Gasteiger partial charge in [-0.3, -0.25) is 4.79 Å². The molecule has 0 radical (unpaired) electrons. The van der Waals surface area contributed by atoms with Gasteiger partial charge >= 0.3 is 0 Å². The predicted octanol–water partition coefficient (Wildman–Crippen LogP) is 3.45. The molecule has 0 bridgehead atoms.